The van der Waals surface area contributed by atoms with E-state index in [0.29, 0.717) is 5.95 Å². The molecule has 0 radical (unpaired) electrons. The molecular weight excluding hydrogens is 318 g/mol. The molecule has 0 aliphatic heterocycles. The van der Waals surface area contributed by atoms with Crippen molar-refractivity contribution in [2.75, 3.05) is 11.9 Å². The number of pyridine rings is 1. The van der Waals surface area contributed by atoms with Gasteiger partial charge in [-0.25, -0.2) is 4.98 Å². The summed E-state index contributed by atoms with van der Waals surface area (Å²) in [5.74, 6) is 0.659. The quantitative estimate of drug-likeness (QED) is 0.569. The van der Waals surface area contributed by atoms with Gasteiger partial charge >= 0.3 is 0 Å². The zero-order valence-corrected chi connectivity index (χ0v) is 14.7. The topological polar surface area (TPSA) is 66.5 Å². The van der Waals surface area contributed by atoms with Gasteiger partial charge in [0.1, 0.15) is 5.65 Å². The highest BCUT2D eigenvalue weighted by Crippen LogP contribution is 2.36. The predicted molar refractivity (Wildman–Crippen MR) is 100 cm³/mol. The number of aromatic amines is 1. The summed E-state index contributed by atoms with van der Waals surface area (Å²) in [6.07, 6.45) is 7.62. The van der Waals surface area contributed by atoms with Crippen molar-refractivity contribution in [2.24, 2.45) is 5.41 Å². The van der Waals surface area contributed by atoms with Gasteiger partial charge in [-0.15, -0.1) is 11.3 Å². The fraction of sp³-hybridized carbons (Fsp3) is 0.278. The molecule has 4 aromatic rings. The summed E-state index contributed by atoms with van der Waals surface area (Å²) in [5.41, 5.74) is 2.17. The summed E-state index contributed by atoms with van der Waals surface area (Å²) in [7, 11) is 0. The average Bonchev–Trinajstić information content (AvgIpc) is 3.15. The molecule has 0 saturated carbocycles. The second kappa shape index (κ2) is 5.56. The van der Waals surface area contributed by atoms with Crippen LogP contribution in [0.4, 0.5) is 5.95 Å². The van der Waals surface area contributed by atoms with Gasteiger partial charge in [0.05, 0.1) is 0 Å². The first-order valence-corrected chi connectivity index (χ1v) is 8.73. The maximum absolute atomic E-state index is 4.59. The van der Waals surface area contributed by atoms with Crippen LogP contribution >= 0.6 is 11.3 Å². The molecule has 0 bridgehead atoms. The first kappa shape index (κ1) is 15.1. The van der Waals surface area contributed by atoms with E-state index in [4.69, 9.17) is 0 Å². The lowest BCUT2D eigenvalue weighted by Crippen LogP contribution is -2.20. The van der Waals surface area contributed by atoms with Crippen molar-refractivity contribution in [1.82, 2.24) is 19.9 Å². The molecule has 2 N–H and O–H groups in total. The van der Waals surface area contributed by atoms with E-state index in [-0.39, 0.29) is 5.41 Å². The molecule has 0 unspecified atom stereocenters. The maximum atomic E-state index is 4.59. The molecule has 24 heavy (non-hydrogen) atoms. The molecule has 0 fully saturated rings. The molecule has 0 atom stereocenters. The number of hydrogen-bond acceptors (Lipinski definition) is 5. The number of nitrogens with one attached hydrogen (secondary N) is 2. The Balaban J connectivity index is 1.70. The molecular formula is C18H19N5S. The van der Waals surface area contributed by atoms with Crippen LogP contribution in [0.5, 0.6) is 0 Å². The lowest BCUT2D eigenvalue weighted by molar-refractivity contribution is 0.442. The SMILES string of the molecule is CC(C)(C)CNc1ncc2c(-c3cc4cnccc4s3)c[nH]c2n1. The van der Waals surface area contributed by atoms with Gasteiger partial charge in [-0.05, 0) is 17.5 Å². The van der Waals surface area contributed by atoms with Crippen molar-refractivity contribution in [3.05, 3.63) is 36.9 Å². The molecule has 122 valence electrons. The van der Waals surface area contributed by atoms with Crippen LogP contribution in [0.1, 0.15) is 20.8 Å². The van der Waals surface area contributed by atoms with E-state index >= 15 is 0 Å². The first-order valence-electron chi connectivity index (χ1n) is 7.91. The first-order chi connectivity index (χ1) is 11.5. The van der Waals surface area contributed by atoms with Crippen molar-refractivity contribution in [3.8, 4) is 10.4 Å². The number of rotatable bonds is 3. The number of anilines is 1. The van der Waals surface area contributed by atoms with Crippen molar-refractivity contribution in [3.63, 3.8) is 0 Å². The van der Waals surface area contributed by atoms with Gasteiger partial charge in [-0.1, -0.05) is 20.8 Å². The third kappa shape index (κ3) is 2.85. The zero-order valence-electron chi connectivity index (χ0n) is 13.9. The molecule has 4 rings (SSSR count). The number of hydrogen-bond donors (Lipinski definition) is 2. The minimum atomic E-state index is 0.185. The van der Waals surface area contributed by atoms with Gasteiger partial charge in [0.15, 0.2) is 0 Å². The van der Waals surface area contributed by atoms with Gasteiger partial charge in [-0.3, -0.25) is 4.98 Å². The molecule has 0 aromatic carbocycles. The fourth-order valence-corrected chi connectivity index (χ4v) is 3.62. The van der Waals surface area contributed by atoms with Gasteiger partial charge in [0, 0.05) is 57.2 Å². The lowest BCUT2D eigenvalue weighted by atomic mass is 9.97. The Morgan fingerprint density at radius 1 is 1.25 bits per heavy atom. The second-order valence-corrected chi connectivity index (χ2v) is 8.18. The van der Waals surface area contributed by atoms with E-state index in [2.05, 4.69) is 52.1 Å². The average molecular weight is 337 g/mol. The summed E-state index contributed by atoms with van der Waals surface area (Å²) in [6.45, 7) is 7.38. The van der Waals surface area contributed by atoms with E-state index in [1.165, 1.54) is 9.58 Å². The minimum absolute atomic E-state index is 0.185. The Bertz CT molecular complexity index is 976. The van der Waals surface area contributed by atoms with Crippen LogP contribution in [0.25, 0.3) is 31.6 Å². The summed E-state index contributed by atoms with van der Waals surface area (Å²) in [5, 5.41) is 5.50. The molecule has 4 heterocycles. The maximum Gasteiger partial charge on any atom is 0.224 e. The molecule has 5 nitrogen and oxygen atoms in total. The summed E-state index contributed by atoms with van der Waals surface area (Å²) < 4.78 is 1.23. The Morgan fingerprint density at radius 2 is 2.12 bits per heavy atom. The molecule has 6 heteroatoms. The number of fused-ring (bicyclic) bond motifs is 2. The third-order valence-electron chi connectivity index (χ3n) is 3.79. The molecule has 4 aromatic heterocycles. The van der Waals surface area contributed by atoms with Crippen LogP contribution in [0.3, 0.4) is 0 Å². The normalized spacial score (nSPS) is 12.1. The molecule has 0 aliphatic rings. The fourth-order valence-electron chi connectivity index (χ4n) is 2.56. The highest BCUT2D eigenvalue weighted by Gasteiger charge is 2.13. The standard InChI is InChI=1S/C18H19N5S/c1-18(2,3)10-22-17-21-9-13-12(8-20-16(13)23-17)15-6-11-7-19-5-4-14(11)24-15/h4-9H,10H2,1-3H3,(H2,20,21,22,23). The van der Waals surface area contributed by atoms with Crippen molar-refractivity contribution >= 4 is 38.4 Å². The number of aromatic nitrogens is 4. The van der Waals surface area contributed by atoms with Crippen molar-refractivity contribution in [1.29, 1.82) is 0 Å². The zero-order chi connectivity index (χ0) is 16.7. The Kier molecular flexibility index (Phi) is 3.49. The van der Waals surface area contributed by atoms with Crippen LogP contribution in [-0.2, 0) is 0 Å². The van der Waals surface area contributed by atoms with Crippen LogP contribution in [-0.4, -0.2) is 26.5 Å². The monoisotopic (exact) mass is 337 g/mol. The largest absolute Gasteiger partial charge is 0.354 e. The van der Waals surface area contributed by atoms with E-state index in [0.717, 1.165) is 28.5 Å². The van der Waals surface area contributed by atoms with E-state index < -0.39 is 0 Å². The summed E-state index contributed by atoms with van der Waals surface area (Å²) >= 11 is 1.76. The minimum Gasteiger partial charge on any atom is -0.354 e. The van der Waals surface area contributed by atoms with E-state index in [1.54, 1.807) is 11.3 Å². The molecule has 0 spiro atoms. The third-order valence-corrected chi connectivity index (χ3v) is 4.94. The summed E-state index contributed by atoms with van der Waals surface area (Å²) in [6, 6.07) is 4.21. The smallest absolute Gasteiger partial charge is 0.224 e. The highest BCUT2D eigenvalue weighted by atomic mass is 32.1. The van der Waals surface area contributed by atoms with Gasteiger partial charge in [-0.2, -0.15) is 4.98 Å². The van der Waals surface area contributed by atoms with Crippen LogP contribution in [0.15, 0.2) is 36.9 Å². The van der Waals surface area contributed by atoms with Gasteiger partial charge < -0.3 is 10.3 Å². The molecule has 0 aliphatic carbocycles. The van der Waals surface area contributed by atoms with Gasteiger partial charge in [0.2, 0.25) is 5.95 Å². The molecule has 0 saturated heterocycles. The van der Waals surface area contributed by atoms with Crippen LogP contribution in [0.2, 0.25) is 0 Å². The van der Waals surface area contributed by atoms with Crippen LogP contribution < -0.4 is 5.32 Å². The van der Waals surface area contributed by atoms with E-state index in [9.17, 15) is 0 Å². The number of H-pyrrole nitrogens is 1. The number of thiophene rings is 1. The number of nitrogens with zero attached hydrogens (tertiary/aromatic N) is 3. The highest BCUT2D eigenvalue weighted by molar-refractivity contribution is 7.22. The lowest BCUT2D eigenvalue weighted by Gasteiger charge is -2.18. The predicted octanol–water partition coefficient (Wildman–Crippen LogP) is 4.69. The Morgan fingerprint density at radius 3 is 2.92 bits per heavy atom. The summed E-state index contributed by atoms with van der Waals surface area (Å²) in [4.78, 5) is 17.7. The Hall–Kier alpha value is -2.47. The Labute approximate surface area is 144 Å². The molecule has 0 amide bonds. The van der Waals surface area contributed by atoms with Crippen molar-refractivity contribution in [2.45, 2.75) is 20.8 Å². The van der Waals surface area contributed by atoms with Gasteiger partial charge in [0.25, 0.3) is 0 Å². The van der Waals surface area contributed by atoms with E-state index in [1.807, 2.05) is 30.9 Å². The second-order valence-electron chi connectivity index (χ2n) is 7.10. The van der Waals surface area contributed by atoms with Crippen molar-refractivity contribution < 1.29 is 0 Å². The van der Waals surface area contributed by atoms with Crippen LogP contribution in [0, 0.1) is 5.41 Å².